The van der Waals surface area contributed by atoms with Crippen LogP contribution in [0.5, 0.6) is 0 Å². The normalized spacial score (nSPS) is 11.5. The number of halogens is 3. The second-order valence-corrected chi connectivity index (χ2v) is 3.69. The summed E-state index contributed by atoms with van der Waals surface area (Å²) in [7, 11) is 0. The zero-order chi connectivity index (χ0) is 10.6. The van der Waals surface area contributed by atoms with Gasteiger partial charge in [-0.3, -0.25) is 0 Å². The third kappa shape index (κ3) is 4.30. The van der Waals surface area contributed by atoms with Crippen LogP contribution in [0.15, 0.2) is 28.7 Å². The van der Waals surface area contributed by atoms with E-state index in [-0.39, 0.29) is 11.8 Å². The summed E-state index contributed by atoms with van der Waals surface area (Å²) < 4.78 is 31.2. The molecule has 0 aliphatic rings. The fourth-order valence-corrected chi connectivity index (χ4v) is 1.17. The predicted molar refractivity (Wildman–Crippen MR) is 54.6 cm³/mol. The van der Waals surface area contributed by atoms with Gasteiger partial charge in [-0.2, -0.15) is 8.78 Å². The van der Waals surface area contributed by atoms with E-state index in [4.69, 9.17) is 1.37 Å². The molecule has 13 heavy (non-hydrogen) atoms. The maximum absolute atomic E-state index is 12.0. The minimum Gasteiger partial charge on any atom is -0.197 e. The van der Waals surface area contributed by atoms with Crippen molar-refractivity contribution in [3.63, 3.8) is 0 Å². The first kappa shape index (κ1) is 9.04. The molecule has 0 nitrogen and oxygen atoms in total. The van der Waals surface area contributed by atoms with Gasteiger partial charge in [0.1, 0.15) is 1.37 Å². The smallest absolute Gasteiger partial charge is 0.197 e. The van der Waals surface area contributed by atoms with Crippen LogP contribution in [0.1, 0.15) is 6.93 Å². The second-order valence-electron chi connectivity index (χ2n) is 2.06. The average Bonchev–Trinajstić information content (AvgIpc) is 2.06. The van der Waals surface area contributed by atoms with Crippen molar-refractivity contribution in [2.45, 2.75) is 5.73 Å². The highest BCUT2D eigenvalue weighted by atomic mass is 79.9. The van der Waals surface area contributed by atoms with Crippen molar-refractivity contribution >= 4 is 27.7 Å². The Morgan fingerprint density at radius 1 is 1.38 bits per heavy atom. The molecule has 0 saturated carbocycles. The van der Waals surface area contributed by atoms with Crippen molar-refractivity contribution in [1.82, 2.24) is 0 Å². The molecule has 0 saturated heterocycles. The van der Waals surface area contributed by atoms with Gasteiger partial charge in [0.05, 0.1) is 0 Å². The van der Waals surface area contributed by atoms with Crippen molar-refractivity contribution < 1.29 is 10.2 Å². The molecule has 0 atom stereocenters. The van der Waals surface area contributed by atoms with E-state index in [1.807, 2.05) is 0 Å². The molecule has 0 radical (unpaired) electrons. The van der Waals surface area contributed by atoms with Crippen molar-refractivity contribution in [3.8, 4) is 11.2 Å². The van der Waals surface area contributed by atoms with Crippen molar-refractivity contribution in [1.29, 1.82) is 0 Å². The van der Waals surface area contributed by atoms with Crippen LogP contribution < -0.4 is 0 Å². The summed E-state index contributed by atoms with van der Waals surface area (Å²) >= 11 is 3.24. The Morgan fingerprint density at radius 2 is 2.00 bits per heavy atom. The SMILES string of the molecule is [2H]C(F)(F)SC#Cc1ccc(Br)cc1. The number of thioether (sulfide) groups is 1. The molecule has 0 amide bonds. The summed E-state index contributed by atoms with van der Waals surface area (Å²) in [4.78, 5) is 0. The van der Waals surface area contributed by atoms with Crippen LogP contribution in [-0.2, 0) is 0 Å². The van der Waals surface area contributed by atoms with Crippen LogP contribution in [0.2, 0.25) is 0 Å². The summed E-state index contributed by atoms with van der Waals surface area (Å²) in [6.45, 7) is 0. The van der Waals surface area contributed by atoms with E-state index in [2.05, 4.69) is 27.1 Å². The summed E-state index contributed by atoms with van der Waals surface area (Å²) in [5.74, 6) is 2.52. The van der Waals surface area contributed by atoms with Gasteiger partial charge >= 0.3 is 0 Å². The van der Waals surface area contributed by atoms with E-state index in [1.54, 1.807) is 24.3 Å². The molecule has 1 aromatic carbocycles. The minimum atomic E-state index is -3.54. The third-order valence-electron chi connectivity index (χ3n) is 1.17. The van der Waals surface area contributed by atoms with Gasteiger partial charge in [0.25, 0.3) is 5.73 Å². The maximum atomic E-state index is 12.0. The van der Waals surface area contributed by atoms with Crippen LogP contribution in [-0.4, -0.2) is 5.73 Å². The van der Waals surface area contributed by atoms with Crippen molar-refractivity contribution in [2.24, 2.45) is 0 Å². The van der Waals surface area contributed by atoms with Gasteiger partial charge in [0, 0.05) is 10.0 Å². The molecule has 1 rings (SSSR count). The molecule has 0 bridgehead atoms. The van der Waals surface area contributed by atoms with Crippen LogP contribution in [0, 0.1) is 11.2 Å². The van der Waals surface area contributed by atoms with E-state index in [1.165, 1.54) is 0 Å². The summed E-state index contributed by atoms with van der Waals surface area (Å²) in [5.41, 5.74) is -2.90. The lowest BCUT2D eigenvalue weighted by Crippen LogP contribution is -1.76. The molecule has 0 aromatic heterocycles. The first-order valence-corrected chi connectivity index (χ1v) is 4.91. The first-order valence-electron chi connectivity index (χ1n) is 3.80. The highest BCUT2D eigenvalue weighted by Crippen LogP contribution is 2.12. The monoisotopic (exact) mass is 263 g/mol. The first-order chi connectivity index (χ1) is 6.47. The molecule has 68 valence electrons. The van der Waals surface area contributed by atoms with Gasteiger partial charge in [0.2, 0.25) is 0 Å². The van der Waals surface area contributed by atoms with Crippen LogP contribution >= 0.6 is 27.7 Å². The highest BCUT2D eigenvalue weighted by molar-refractivity contribution is 9.10. The summed E-state index contributed by atoms with van der Waals surface area (Å²) in [6.07, 6.45) is 0. The Labute approximate surface area is 89.3 Å². The Morgan fingerprint density at radius 3 is 2.54 bits per heavy atom. The molecule has 0 aliphatic heterocycles. The molecule has 1 aromatic rings. The molecular weight excluding hydrogens is 258 g/mol. The van der Waals surface area contributed by atoms with E-state index < -0.39 is 5.73 Å². The van der Waals surface area contributed by atoms with Gasteiger partial charge in [-0.15, -0.1) is 0 Å². The van der Waals surface area contributed by atoms with E-state index >= 15 is 0 Å². The van der Waals surface area contributed by atoms with Crippen LogP contribution in [0.4, 0.5) is 8.78 Å². The Kier molecular flexibility index (Phi) is 3.65. The molecule has 0 aliphatic carbocycles. The number of rotatable bonds is 1. The van der Waals surface area contributed by atoms with Crippen LogP contribution in [0.3, 0.4) is 0 Å². The molecular formula is C9H5BrF2S. The molecule has 0 N–H and O–H groups in total. The topological polar surface area (TPSA) is 0 Å². The summed E-state index contributed by atoms with van der Waals surface area (Å²) in [5, 5.41) is 2.17. The molecule has 0 unspecified atom stereocenters. The van der Waals surface area contributed by atoms with Crippen LogP contribution in [0.25, 0.3) is 0 Å². The highest BCUT2D eigenvalue weighted by Gasteiger charge is 1.97. The van der Waals surface area contributed by atoms with E-state index in [0.29, 0.717) is 5.56 Å². The zero-order valence-corrected chi connectivity index (χ0v) is 8.75. The van der Waals surface area contributed by atoms with Gasteiger partial charge in [0.15, 0.2) is 0 Å². The second kappa shape index (κ2) is 5.25. The molecule has 0 heterocycles. The lowest BCUT2D eigenvalue weighted by Gasteiger charge is -1.90. The van der Waals surface area contributed by atoms with Gasteiger partial charge < -0.3 is 0 Å². The average molecular weight is 264 g/mol. The van der Waals surface area contributed by atoms with E-state index in [0.717, 1.165) is 4.47 Å². The van der Waals surface area contributed by atoms with Crippen molar-refractivity contribution in [3.05, 3.63) is 34.3 Å². The number of hydrogen-bond acceptors (Lipinski definition) is 1. The number of benzene rings is 1. The molecule has 0 fully saturated rings. The maximum Gasteiger partial charge on any atom is 0.295 e. The number of hydrogen-bond donors (Lipinski definition) is 0. The summed E-state index contributed by atoms with van der Waals surface area (Å²) in [6, 6.07) is 6.96. The lowest BCUT2D eigenvalue weighted by atomic mass is 10.2. The quantitative estimate of drug-likeness (QED) is 0.697. The lowest BCUT2D eigenvalue weighted by molar-refractivity contribution is 0.253. The Balaban J connectivity index is 2.64. The Hall–Kier alpha value is -0.530. The van der Waals surface area contributed by atoms with Gasteiger partial charge in [-0.1, -0.05) is 21.9 Å². The fourth-order valence-electron chi connectivity index (χ4n) is 0.656. The molecule has 4 heteroatoms. The third-order valence-corrected chi connectivity index (χ3v) is 2.05. The standard InChI is InChI=1S/C9H5BrF2S/c10-8-3-1-7(2-4-8)5-6-13-9(11)12/h1-4,9H/i9D. The largest absolute Gasteiger partial charge is 0.295 e. The fraction of sp³-hybridized carbons (Fsp3) is 0.111. The minimum absolute atomic E-state index is 0.00689. The Bertz CT molecular complexity index is 361. The predicted octanol–water partition coefficient (Wildman–Crippen LogP) is 3.71. The number of alkyl halides is 2. The molecule has 0 spiro atoms. The van der Waals surface area contributed by atoms with Gasteiger partial charge in [-0.25, -0.2) is 0 Å². The van der Waals surface area contributed by atoms with Gasteiger partial charge in [-0.05, 0) is 41.3 Å². The van der Waals surface area contributed by atoms with Crippen molar-refractivity contribution in [2.75, 3.05) is 0 Å². The zero-order valence-electron chi connectivity index (χ0n) is 7.35. The van der Waals surface area contributed by atoms with E-state index in [9.17, 15) is 8.78 Å².